The molecule has 0 aliphatic carbocycles. The number of piperazine rings is 1. The number of hydrogen-bond donors (Lipinski definition) is 2. The molecule has 0 atom stereocenters. The molecule has 190 valence electrons. The molecule has 4 heterocycles. The van der Waals surface area contributed by atoms with Gasteiger partial charge in [-0.05, 0) is 12.1 Å². The SMILES string of the molecule is O=C(CCOCCn1cc(C(F)(F)F)c2c(=O)[nH]ncc21)N1CCN(c2nc3ccccc3[nH]2)CC1. The Morgan fingerprint density at radius 1 is 1.11 bits per heavy atom. The van der Waals surface area contributed by atoms with Crippen LogP contribution >= 0.6 is 0 Å². The van der Waals surface area contributed by atoms with Crippen molar-refractivity contribution < 1.29 is 22.7 Å². The third-order valence-electron chi connectivity index (χ3n) is 6.25. The van der Waals surface area contributed by atoms with Crippen molar-refractivity contribution in [3.05, 3.63) is 52.6 Å². The fourth-order valence-corrected chi connectivity index (χ4v) is 4.40. The van der Waals surface area contributed by atoms with Crippen LogP contribution in [0.1, 0.15) is 12.0 Å². The molecule has 4 aromatic rings. The molecule has 1 amide bonds. The smallest absolute Gasteiger partial charge is 0.379 e. The van der Waals surface area contributed by atoms with E-state index in [-0.39, 0.29) is 37.6 Å². The number of rotatable bonds is 7. The number of alkyl halides is 3. The average molecular weight is 503 g/mol. The lowest BCUT2D eigenvalue weighted by Gasteiger charge is -2.34. The number of carbonyl (C=O) groups is 1. The highest BCUT2D eigenvalue weighted by molar-refractivity contribution is 5.82. The highest BCUT2D eigenvalue weighted by Gasteiger charge is 2.36. The second-order valence-electron chi connectivity index (χ2n) is 8.50. The Labute approximate surface area is 202 Å². The van der Waals surface area contributed by atoms with Gasteiger partial charge in [-0.15, -0.1) is 0 Å². The van der Waals surface area contributed by atoms with Gasteiger partial charge < -0.3 is 24.1 Å². The first kappa shape index (κ1) is 23.9. The summed E-state index contributed by atoms with van der Waals surface area (Å²) >= 11 is 0. The van der Waals surface area contributed by atoms with Crippen molar-refractivity contribution in [2.45, 2.75) is 19.1 Å². The van der Waals surface area contributed by atoms with Crippen LogP contribution in [0.3, 0.4) is 0 Å². The number of imidazole rings is 1. The number of anilines is 1. The third kappa shape index (κ3) is 4.78. The molecule has 2 N–H and O–H groups in total. The molecule has 1 aromatic carbocycles. The summed E-state index contributed by atoms with van der Waals surface area (Å²) in [4.78, 5) is 36.2. The first-order valence-electron chi connectivity index (χ1n) is 11.5. The van der Waals surface area contributed by atoms with Crippen molar-refractivity contribution in [1.82, 2.24) is 29.6 Å². The van der Waals surface area contributed by atoms with Gasteiger partial charge in [0.15, 0.2) is 0 Å². The summed E-state index contributed by atoms with van der Waals surface area (Å²) in [5.41, 5.74) is 0.0271. The summed E-state index contributed by atoms with van der Waals surface area (Å²) in [6.45, 7) is 2.75. The Morgan fingerprint density at radius 3 is 2.64 bits per heavy atom. The number of para-hydroxylation sites is 2. The van der Waals surface area contributed by atoms with Crippen LogP contribution in [0.2, 0.25) is 0 Å². The number of H-pyrrole nitrogens is 2. The number of nitrogens with zero attached hydrogens (tertiary/aromatic N) is 5. The minimum absolute atomic E-state index is 0.0410. The zero-order valence-corrected chi connectivity index (χ0v) is 19.2. The molecular formula is C23H24F3N7O3. The number of aromatic amines is 2. The van der Waals surface area contributed by atoms with E-state index in [1.54, 1.807) is 4.90 Å². The summed E-state index contributed by atoms with van der Waals surface area (Å²) in [6.07, 6.45) is -2.43. The Balaban J connectivity index is 1.09. The van der Waals surface area contributed by atoms with E-state index in [4.69, 9.17) is 4.74 Å². The molecule has 5 rings (SSSR count). The maximum absolute atomic E-state index is 13.3. The van der Waals surface area contributed by atoms with Crippen molar-refractivity contribution in [3.63, 3.8) is 0 Å². The molecule has 1 aliphatic rings. The Hall–Kier alpha value is -3.87. The van der Waals surface area contributed by atoms with E-state index in [9.17, 15) is 22.8 Å². The van der Waals surface area contributed by atoms with Crippen LogP contribution in [0.5, 0.6) is 0 Å². The number of nitrogens with one attached hydrogen (secondary N) is 2. The van der Waals surface area contributed by atoms with Gasteiger partial charge in [0.2, 0.25) is 11.9 Å². The molecular weight excluding hydrogens is 479 g/mol. The van der Waals surface area contributed by atoms with Gasteiger partial charge in [0.25, 0.3) is 5.56 Å². The van der Waals surface area contributed by atoms with Gasteiger partial charge in [-0.2, -0.15) is 18.3 Å². The molecule has 0 radical (unpaired) electrons. The molecule has 0 bridgehead atoms. The van der Waals surface area contributed by atoms with Crippen molar-refractivity contribution in [1.29, 1.82) is 0 Å². The molecule has 0 unspecified atom stereocenters. The fraction of sp³-hybridized carbons (Fsp3) is 0.391. The number of carbonyl (C=O) groups excluding carboxylic acids is 1. The first-order chi connectivity index (χ1) is 17.3. The van der Waals surface area contributed by atoms with Crippen molar-refractivity contribution in [2.24, 2.45) is 0 Å². The highest BCUT2D eigenvalue weighted by atomic mass is 19.4. The van der Waals surface area contributed by atoms with Crippen molar-refractivity contribution >= 4 is 33.8 Å². The van der Waals surface area contributed by atoms with E-state index in [0.29, 0.717) is 26.2 Å². The molecule has 0 saturated carbocycles. The molecule has 1 fully saturated rings. The number of hydrogen-bond acceptors (Lipinski definition) is 6. The fourth-order valence-electron chi connectivity index (χ4n) is 4.40. The number of fused-ring (bicyclic) bond motifs is 2. The quantitative estimate of drug-likeness (QED) is 0.375. The Morgan fingerprint density at radius 2 is 1.89 bits per heavy atom. The summed E-state index contributed by atoms with van der Waals surface area (Å²) in [5.74, 6) is 0.746. The van der Waals surface area contributed by atoms with E-state index >= 15 is 0 Å². The van der Waals surface area contributed by atoms with Crippen LogP contribution in [0.4, 0.5) is 19.1 Å². The largest absolute Gasteiger partial charge is 0.418 e. The first-order valence-corrected chi connectivity index (χ1v) is 11.5. The second kappa shape index (κ2) is 9.64. The number of ether oxygens (including phenoxy) is 1. The number of halogens is 3. The number of amides is 1. The Bertz CT molecular complexity index is 1400. The summed E-state index contributed by atoms with van der Waals surface area (Å²) < 4.78 is 46.8. The molecule has 10 nitrogen and oxygen atoms in total. The molecule has 1 aliphatic heterocycles. The zero-order valence-electron chi connectivity index (χ0n) is 19.2. The normalized spacial score (nSPS) is 14.8. The zero-order chi connectivity index (χ0) is 25.3. The lowest BCUT2D eigenvalue weighted by atomic mass is 10.2. The van der Waals surface area contributed by atoms with Crippen LogP contribution in [0.25, 0.3) is 21.9 Å². The van der Waals surface area contributed by atoms with Gasteiger partial charge in [-0.1, -0.05) is 12.1 Å². The molecule has 36 heavy (non-hydrogen) atoms. The molecule has 3 aromatic heterocycles. The molecule has 13 heteroatoms. The topological polar surface area (TPSA) is 112 Å². The highest BCUT2D eigenvalue weighted by Crippen LogP contribution is 2.34. The molecule has 0 spiro atoms. The van der Waals surface area contributed by atoms with Gasteiger partial charge in [-0.25, -0.2) is 10.1 Å². The standard InChI is InChI=1S/C23H24F3N7O3/c24-23(25,26)15-14-33(18-13-27-30-21(35)20(15)18)10-12-36-11-5-19(34)31-6-8-32(9-7-31)22-28-16-3-1-2-4-17(16)29-22/h1-4,13-14H,5-12H2,(H,28,29)(H,30,35). The van der Waals surface area contributed by atoms with Crippen LogP contribution < -0.4 is 10.5 Å². The summed E-state index contributed by atoms with van der Waals surface area (Å²) in [6, 6.07) is 7.79. The van der Waals surface area contributed by atoms with Gasteiger partial charge in [0, 0.05) is 38.9 Å². The minimum Gasteiger partial charge on any atom is -0.379 e. The van der Waals surface area contributed by atoms with Gasteiger partial charge >= 0.3 is 6.18 Å². The lowest BCUT2D eigenvalue weighted by molar-refractivity contribution is -0.136. The van der Waals surface area contributed by atoms with E-state index in [1.165, 1.54) is 10.8 Å². The lowest BCUT2D eigenvalue weighted by Crippen LogP contribution is -2.49. The predicted octanol–water partition coefficient (Wildman–Crippen LogP) is 2.38. The van der Waals surface area contributed by atoms with Crippen LogP contribution in [-0.2, 0) is 22.3 Å². The van der Waals surface area contributed by atoms with Gasteiger partial charge in [-0.3, -0.25) is 9.59 Å². The monoisotopic (exact) mass is 503 g/mol. The van der Waals surface area contributed by atoms with Crippen molar-refractivity contribution in [3.8, 4) is 0 Å². The van der Waals surface area contributed by atoms with Gasteiger partial charge in [0.1, 0.15) is 0 Å². The van der Waals surface area contributed by atoms with Crippen LogP contribution in [0, 0.1) is 0 Å². The van der Waals surface area contributed by atoms with Gasteiger partial charge in [0.05, 0.1) is 53.3 Å². The maximum atomic E-state index is 13.3. The number of benzene rings is 1. The van der Waals surface area contributed by atoms with E-state index in [2.05, 4.69) is 20.0 Å². The number of aromatic nitrogens is 5. The molecule has 1 saturated heterocycles. The van der Waals surface area contributed by atoms with Crippen LogP contribution in [-0.4, -0.2) is 74.9 Å². The van der Waals surface area contributed by atoms with E-state index in [0.717, 1.165) is 23.2 Å². The van der Waals surface area contributed by atoms with E-state index in [1.807, 2.05) is 29.4 Å². The van der Waals surface area contributed by atoms with Crippen LogP contribution in [0.15, 0.2) is 41.5 Å². The Kier molecular flexibility index (Phi) is 6.39. The summed E-state index contributed by atoms with van der Waals surface area (Å²) in [7, 11) is 0. The minimum atomic E-state index is -4.67. The van der Waals surface area contributed by atoms with E-state index < -0.39 is 22.7 Å². The summed E-state index contributed by atoms with van der Waals surface area (Å²) in [5, 5.41) is 5.19. The third-order valence-corrected chi connectivity index (χ3v) is 6.25. The second-order valence-corrected chi connectivity index (χ2v) is 8.50. The predicted molar refractivity (Wildman–Crippen MR) is 126 cm³/mol. The van der Waals surface area contributed by atoms with Crippen molar-refractivity contribution in [2.75, 3.05) is 44.3 Å². The maximum Gasteiger partial charge on any atom is 0.418 e. The average Bonchev–Trinajstić information content (AvgIpc) is 3.46.